The number of carbonyl (C=O) groups excluding carboxylic acids is 1. The van der Waals surface area contributed by atoms with Crippen molar-refractivity contribution in [3.63, 3.8) is 0 Å². The zero-order valence-electron chi connectivity index (χ0n) is 14.9. The van der Waals surface area contributed by atoms with Gasteiger partial charge in [0.25, 0.3) is 5.91 Å². The minimum absolute atomic E-state index is 0.101. The first-order valence-corrected chi connectivity index (χ1v) is 8.24. The molecule has 0 aliphatic heterocycles. The molecule has 7 heteroatoms. The molecule has 1 amide bonds. The maximum absolute atomic E-state index is 12.5. The Morgan fingerprint density at radius 1 is 1.32 bits per heavy atom. The fraction of sp³-hybridized carbons (Fsp3) is 0.333. The number of amides is 1. The van der Waals surface area contributed by atoms with Gasteiger partial charge in [0.2, 0.25) is 5.96 Å². The summed E-state index contributed by atoms with van der Waals surface area (Å²) in [5.74, 6) is -0.324. The number of nitrogens with one attached hydrogen (secondary N) is 1. The molecule has 1 aromatic carbocycles. The summed E-state index contributed by atoms with van der Waals surface area (Å²) in [4.78, 5) is 18.7. The molecule has 6 nitrogen and oxygen atoms in total. The Balaban J connectivity index is 3.22. The largest absolute Gasteiger partial charge is 0.506 e. The van der Waals surface area contributed by atoms with Gasteiger partial charge in [0.1, 0.15) is 5.75 Å². The van der Waals surface area contributed by atoms with Crippen LogP contribution in [0.4, 0.5) is 0 Å². The second-order valence-corrected chi connectivity index (χ2v) is 5.70. The molecule has 0 aliphatic carbocycles. The highest BCUT2D eigenvalue weighted by atomic mass is 35.5. The third-order valence-corrected chi connectivity index (χ3v) is 3.88. The van der Waals surface area contributed by atoms with Crippen LogP contribution in [0.15, 0.2) is 46.7 Å². The second-order valence-electron chi connectivity index (χ2n) is 5.29. The lowest BCUT2D eigenvalue weighted by atomic mass is 10.2. The van der Waals surface area contributed by atoms with E-state index < -0.39 is 5.91 Å². The quantitative estimate of drug-likeness (QED) is 0.552. The number of nitrogens with zero attached hydrogens (tertiary/aromatic N) is 2. The van der Waals surface area contributed by atoms with Crippen LogP contribution in [0.2, 0.25) is 5.02 Å². The topological polar surface area (TPSA) is 85.2 Å². The number of allylic oxidation sites excluding steroid dienone is 4. The number of aromatic hydroxyl groups is 1. The number of phenolic OH excluding ortho intramolecular Hbond substituents is 1. The molecule has 136 valence electrons. The molecule has 0 saturated carbocycles. The van der Waals surface area contributed by atoms with Crippen LogP contribution in [0.25, 0.3) is 0 Å². The fourth-order valence-electron chi connectivity index (χ4n) is 1.92. The standard InChI is InChI=1S/C18H24ClN3O3/c1-5-12(3)20-18(22(9-10-23)13(4)6-2)21-17(25)14-7-8-15(19)16(24)11-14/h5-8,11,23-24H,9-10H2,1-4H3,(H,20,21,25)/b12-5+,13-6+. The summed E-state index contributed by atoms with van der Waals surface area (Å²) in [6.45, 7) is 7.54. The van der Waals surface area contributed by atoms with E-state index in [2.05, 4.69) is 10.3 Å². The SMILES string of the molecule is C/C=C(\C)N=C(NC(=O)c1ccc(Cl)c(O)c1)N(CCO)/C(C)=C/C. The molecule has 0 radical (unpaired) electrons. The Morgan fingerprint density at radius 3 is 2.52 bits per heavy atom. The number of hydrogen-bond donors (Lipinski definition) is 3. The van der Waals surface area contributed by atoms with Gasteiger partial charge in [0, 0.05) is 23.5 Å². The van der Waals surface area contributed by atoms with Crippen molar-refractivity contribution in [2.45, 2.75) is 27.7 Å². The van der Waals surface area contributed by atoms with Crippen molar-refractivity contribution in [2.24, 2.45) is 4.99 Å². The van der Waals surface area contributed by atoms with Crippen molar-refractivity contribution in [1.82, 2.24) is 10.2 Å². The van der Waals surface area contributed by atoms with Crippen LogP contribution in [-0.4, -0.2) is 40.1 Å². The maximum Gasteiger partial charge on any atom is 0.258 e. The van der Waals surface area contributed by atoms with Gasteiger partial charge in [-0.2, -0.15) is 0 Å². The van der Waals surface area contributed by atoms with Gasteiger partial charge in [-0.1, -0.05) is 23.8 Å². The third kappa shape index (κ3) is 5.92. The first-order valence-electron chi connectivity index (χ1n) is 7.86. The summed E-state index contributed by atoms with van der Waals surface area (Å²) in [6.07, 6.45) is 3.67. The summed E-state index contributed by atoms with van der Waals surface area (Å²) in [5, 5.41) is 21.9. The maximum atomic E-state index is 12.5. The summed E-state index contributed by atoms with van der Waals surface area (Å²) >= 11 is 5.77. The summed E-state index contributed by atoms with van der Waals surface area (Å²) in [6, 6.07) is 4.25. The Kier molecular flexibility index (Phi) is 8.18. The van der Waals surface area contributed by atoms with Gasteiger partial charge in [-0.05, 0) is 45.9 Å². The fourth-order valence-corrected chi connectivity index (χ4v) is 2.04. The molecule has 0 spiro atoms. The second kappa shape index (κ2) is 9.86. The number of benzene rings is 1. The van der Waals surface area contributed by atoms with Gasteiger partial charge in [-0.15, -0.1) is 0 Å². The number of aliphatic hydroxyl groups is 1. The molecule has 25 heavy (non-hydrogen) atoms. The predicted molar refractivity (Wildman–Crippen MR) is 101 cm³/mol. The van der Waals surface area contributed by atoms with Gasteiger partial charge in [0.05, 0.1) is 11.6 Å². The van der Waals surface area contributed by atoms with Crippen LogP contribution in [0.3, 0.4) is 0 Å². The van der Waals surface area contributed by atoms with Gasteiger partial charge in [-0.25, -0.2) is 4.99 Å². The van der Waals surface area contributed by atoms with E-state index in [0.717, 1.165) is 5.70 Å². The minimum atomic E-state index is -0.443. The van der Waals surface area contributed by atoms with Crippen LogP contribution in [0.1, 0.15) is 38.1 Å². The van der Waals surface area contributed by atoms with Crippen molar-refractivity contribution < 1.29 is 15.0 Å². The van der Waals surface area contributed by atoms with Crippen molar-refractivity contribution >= 4 is 23.5 Å². The Morgan fingerprint density at radius 2 is 2.00 bits per heavy atom. The van der Waals surface area contributed by atoms with E-state index in [0.29, 0.717) is 11.7 Å². The molecule has 0 bridgehead atoms. The summed E-state index contributed by atoms with van der Waals surface area (Å²) in [5.41, 5.74) is 1.78. The van der Waals surface area contributed by atoms with Gasteiger partial charge >= 0.3 is 0 Å². The molecule has 0 saturated heterocycles. The van der Waals surface area contributed by atoms with E-state index >= 15 is 0 Å². The highest BCUT2D eigenvalue weighted by molar-refractivity contribution is 6.32. The molecule has 0 atom stereocenters. The molecule has 1 aromatic rings. The number of carbonyl (C=O) groups is 1. The number of hydrogen-bond acceptors (Lipinski definition) is 4. The molecule has 0 heterocycles. The molecule has 0 aliphatic rings. The summed E-state index contributed by atoms with van der Waals surface area (Å²) < 4.78 is 0. The number of rotatable bonds is 5. The number of halogens is 1. The van der Waals surface area contributed by atoms with Gasteiger partial charge in [0.15, 0.2) is 0 Å². The van der Waals surface area contributed by atoms with Gasteiger partial charge in [-0.3, -0.25) is 10.1 Å². The Labute approximate surface area is 153 Å². The molecular weight excluding hydrogens is 342 g/mol. The third-order valence-electron chi connectivity index (χ3n) is 3.56. The van der Waals surface area contributed by atoms with Crippen LogP contribution >= 0.6 is 11.6 Å². The van der Waals surface area contributed by atoms with Crippen molar-refractivity contribution in [2.75, 3.05) is 13.2 Å². The van der Waals surface area contributed by atoms with Crippen LogP contribution in [-0.2, 0) is 0 Å². The van der Waals surface area contributed by atoms with E-state index in [1.807, 2.05) is 39.8 Å². The highest BCUT2D eigenvalue weighted by Crippen LogP contribution is 2.23. The summed E-state index contributed by atoms with van der Waals surface area (Å²) in [7, 11) is 0. The van der Waals surface area contributed by atoms with Crippen molar-refractivity contribution in [1.29, 1.82) is 0 Å². The average molecular weight is 366 g/mol. The number of aliphatic imine (C=N–C) groups is 1. The highest BCUT2D eigenvalue weighted by Gasteiger charge is 2.17. The van der Waals surface area contributed by atoms with Crippen molar-refractivity contribution in [3.8, 4) is 5.75 Å². The van der Waals surface area contributed by atoms with E-state index in [1.165, 1.54) is 18.2 Å². The molecule has 0 aromatic heterocycles. The molecule has 0 fully saturated rings. The van der Waals surface area contributed by atoms with Crippen LogP contribution in [0.5, 0.6) is 5.75 Å². The normalized spacial score (nSPS) is 13.0. The van der Waals surface area contributed by atoms with E-state index in [-0.39, 0.29) is 29.5 Å². The molecule has 0 unspecified atom stereocenters. The zero-order chi connectivity index (χ0) is 19.0. The lowest BCUT2D eigenvalue weighted by molar-refractivity contribution is 0.0972. The zero-order valence-corrected chi connectivity index (χ0v) is 15.6. The lowest BCUT2D eigenvalue weighted by Crippen LogP contribution is -2.44. The first kappa shape index (κ1) is 20.7. The Hall–Kier alpha value is -2.31. The molecule has 3 N–H and O–H groups in total. The Bertz CT molecular complexity index is 712. The van der Waals surface area contributed by atoms with Crippen molar-refractivity contribution in [3.05, 3.63) is 52.3 Å². The molecule has 1 rings (SSSR count). The monoisotopic (exact) mass is 365 g/mol. The number of aliphatic hydroxyl groups excluding tert-OH is 1. The smallest absolute Gasteiger partial charge is 0.258 e. The minimum Gasteiger partial charge on any atom is -0.506 e. The average Bonchev–Trinajstić information content (AvgIpc) is 2.60. The number of guanidine groups is 1. The van der Waals surface area contributed by atoms with Crippen LogP contribution < -0.4 is 5.32 Å². The van der Waals surface area contributed by atoms with Crippen LogP contribution in [0, 0.1) is 0 Å². The van der Waals surface area contributed by atoms with E-state index in [4.69, 9.17) is 11.6 Å². The van der Waals surface area contributed by atoms with E-state index in [1.54, 1.807) is 4.90 Å². The van der Waals surface area contributed by atoms with Gasteiger partial charge < -0.3 is 15.1 Å². The predicted octanol–water partition coefficient (Wildman–Crippen LogP) is 3.27. The lowest BCUT2D eigenvalue weighted by Gasteiger charge is -2.26. The van der Waals surface area contributed by atoms with E-state index in [9.17, 15) is 15.0 Å². The molecular formula is C18H24ClN3O3. The number of phenols is 1. The first-order chi connectivity index (χ1) is 11.8.